The Balaban J connectivity index is 2.35. The molecule has 2 N–H and O–H groups in total. The maximum atomic E-state index is 12.5. The molecule has 4 heteroatoms. The first-order valence-electron chi connectivity index (χ1n) is 7.48. The molecule has 0 bridgehead atoms. The molecule has 23 heavy (non-hydrogen) atoms. The highest BCUT2D eigenvalue weighted by Gasteiger charge is 2.25. The van der Waals surface area contributed by atoms with Gasteiger partial charge in [-0.25, -0.2) is 4.79 Å². The van der Waals surface area contributed by atoms with Gasteiger partial charge in [0.05, 0.1) is 0 Å². The highest BCUT2D eigenvalue weighted by atomic mass is 16.4. The van der Waals surface area contributed by atoms with Gasteiger partial charge in [0, 0.05) is 5.56 Å². The van der Waals surface area contributed by atoms with E-state index in [9.17, 15) is 14.7 Å². The van der Waals surface area contributed by atoms with Crippen LogP contribution in [0.25, 0.3) is 0 Å². The molecule has 2 rings (SSSR count). The second-order valence-electron chi connectivity index (χ2n) is 5.85. The first-order chi connectivity index (χ1) is 10.8. The van der Waals surface area contributed by atoms with Crippen molar-refractivity contribution in [1.82, 2.24) is 5.32 Å². The normalized spacial score (nSPS) is 11.8. The smallest absolute Gasteiger partial charge is 0.330 e. The van der Waals surface area contributed by atoms with Crippen LogP contribution in [0.3, 0.4) is 0 Å². The summed E-state index contributed by atoms with van der Waals surface area (Å²) in [5.41, 5.74) is 4.86. The van der Waals surface area contributed by atoms with Crippen LogP contribution in [0.15, 0.2) is 36.4 Å². The standard InChI is InChI=1S/C19H21NO3/c1-11-8-9-15(13(3)10-11)18(21)20-17(19(22)23)16-7-5-6-12(2)14(16)4/h5-10,17H,1-4H3,(H,20,21)(H,22,23). The van der Waals surface area contributed by atoms with E-state index in [4.69, 9.17) is 0 Å². The number of carbonyl (C=O) groups is 2. The molecule has 2 aromatic carbocycles. The van der Waals surface area contributed by atoms with E-state index in [0.29, 0.717) is 11.1 Å². The van der Waals surface area contributed by atoms with Crippen LogP contribution in [0.1, 0.15) is 44.2 Å². The Morgan fingerprint density at radius 2 is 1.70 bits per heavy atom. The first-order valence-corrected chi connectivity index (χ1v) is 7.48. The summed E-state index contributed by atoms with van der Waals surface area (Å²) in [6.45, 7) is 7.58. The van der Waals surface area contributed by atoms with Crippen LogP contribution in [-0.4, -0.2) is 17.0 Å². The molecule has 1 amide bonds. The SMILES string of the molecule is Cc1ccc(C(=O)NC(C(=O)O)c2cccc(C)c2C)c(C)c1. The van der Waals surface area contributed by atoms with Crippen LogP contribution in [0, 0.1) is 27.7 Å². The molecule has 0 aliphatic carbocycles. The Kier molecular flexibility index (Phi) is 4.84. The number of carboxylic acids is 1. The van der Waals surface area contributed by atoms with Crippen molar-refractivity contribution in [2.24, 2.45) is 0 Å². The summed E-state index contributed by atoms with van der Waals surface area (Å²) in [6.07, 6.45) is 0. The molecule has 0 aromatic heterocycles. The minimum Gasteiger partial charge on any atom is -0.479 e. The maximum absolute atomic E-state index is 12.5. The Hall–Kier alpha value is -2.62. The third-order valence-electron chi connectivity index (χ3n) is 4.11. The van der Waals surface area contributed by atoms with E-state index in [-0.39, 0.29) is 5.91 Å². The Bertz CT molecular complexity index is 765. The van der Waals surface area contributed by atoms with Gasteiger partial charge in [0.2, 0.25) is 0 Å². The number of benzene rings is 2. The van der Waals surface area contributed by atoms with Crippen molar-refractivity contribution in [3.8, 4) is 0 Å². The summed E-state index contributed by atoms with van der Waals surface area (Å²) in [6, 6.07) is 9.87. The van der Waals surface area contributed by atoms with Crippen LogP contribution in [0.4, 0.5) is 0 Å². The zero-order valence-electron chi connectivity index (χ0n) is 13.8. The lowest BCUT2D eigenvalue weighted by atomic mass is 9.97. The number of hydrogen-bond acceptors (Lipinski definition) is 2. The van der Waals surface area contributed by atoms with E-state index in [0.717, 1.165) is 22.3 Å². The molecule has 0 heterocycles. The maximum Gasteiger partial charge on any atom is 0.330 e. The van der Waals surface area contributed by atoms with Gasteiger partial charge >= 0.3 is 5.97 Å². The van der Waals surface area contributed by atoms with Crippen LogP contribution >= 0.6 is 0 Å². The molecule has 0 saturated carbocycles. The van der Waals surface area contributed by atoms with Gasteiger partial charge in [-0.3, -0.25) is 4.79 Å². The molecular weight excluding hydrogens is 290 g/mol. The van der Waals surface area contributed by atoms with E-state index in [1.165, 1.54) is 0 Å². The highest BCUT2D eigenvalue weighted by molar-refractivity contribution is 5.98. The average molecular weight is 311 g/mol. The van der Waals surface area contributed by atoms with Gasteiger partial charge in [0.15, 0.2) is 6.04 Å². The van der Waals surface area contributed by atoms with E-state index >= 15 is 0 Å². The molecule has 0 fully saturated rings. The minimum absolute atomic E-state index is 0.379. The van der Waals surface area contributed by atoms with Gasteiger partial charge in [-0.05, 0) is 56.0 Å². The van der Waals surface area contributed by atoms with Crippen molar-refractivity contribution in [2.45, 2.75) is 33.7 Å². The van der Waals surface area contributed by atoms with Gasteiger partial charge in [-0.2, -0.15) is 0 Å². The average Bonchev–Trinajstić information content (AvgIpc) is 2.47. The van der Waals surface area contributed by atoms with Gasteiger partial charge in [0.25, 0.3) is 5.91 Å². The molecule has 0 spiro atoms. The van der Waals surface area contributed by atoms with Crippen molar-refractivity contribution in [3.63, 3.8) is 0 Å². The molecule has 1 unspecified atom stereocenters. The Labute approximate surface area is 136 Å². The monoisotopic (exact) mass is 311 g/mol. The van der Waals surface area contributed by atoms with Crippen molar-refractivity contribution < 1.29 is 14.7 Å². The van der Waals surface area contributed by atoms with Gasteiger partial charge in [-0.1, -0.05) is 35.9 Å². The number of carboxylic acid groups (broad SMARTS) is 1. The van der Waals surface area contributed by atoms with Crippen molar-refractivity contribution in [1.29, 1.82) is 0 Å². The molecule has 0 saturated heterocycles. The molecule has 0 radical (unpaired) electrons. The van der Waals surface area contributed by atoms with Gasteiger partial charge < -0.3 is 10.4 Å². The second kappa shape index (κ2) is 6.65. The number of nitrogens with one attached hydrogen (secondary N) is 1. The minimum atomic E-state index is -1.07. The number of aliphatic carboxylic acids is 1. The summed E-state index contributed by atoms with van der Waals surface area (Å²) in [5.74, 6) is -1.45. The quantitative estimate of drug-likeness (QED) is 0.908. The number of hydrogen-bond donors (Lipinski definition) is 2. The first kappa shape index (κ1) is 16.7. The van der Waals surface area contributed by atoms with Crippen molar-refractivity contribution in [2.75, 3.05) is 0 Å². The van der Waals surface area contributed by atoms with Gasteiger partial charge in [0.1, 0.15) is 0 Å². The summed E-state index contributed by atoms with van der Waals surface area (Å²) in [5, 5.41) is 12.2. The van der Waals surface area contributed by atoms with E-state index in [1.807, 2.05) is 45.9 Å². The van der Waals surface area contributed by atoms with Crippen LogP contribution in [-0.2, 0) is 4.79 Å². The lowest BCUT2D eigenvalue weighted by Gasteiger charge is -2.19. The fourth-order valence-corrected chi connectivity index (χ4v) is 2.64. The Morgan fingerprint density at radius 1 is 1.00 bits per heavy atom. The van der Waals surface area contributed by atoms with Crippen molar-refractivity contribution in [3.05, 3.63) is 69.8 Å². The van der Waals surface area contributed by atoms with E-state index in [2.05, 4.69) is 5.32 Å². The van der Waals surface area contributed by atoms with E-state index < -0.39 is 12.0 Å². The predicted molar refractivity (Wildman–Crippen MR) is 89.7 cm³/mol. The number of rotatable bonds is 4. The van der Waals surface area contributed by atoms with Crippen LogP contribution in [0.5, 0.6) is 0 Å². The largest absolute Gasteiger partial charge is 0.479 e. The number of amides is 1. The molecule has 2 aromatic rings. The third-order valence-corrected chi connectivity index (χ3v) is 4.11. The molecular formula is C19H21NO3. The summed E-state index contributed by atoms with van der Waals surface area (Å²) in [4.78, 5) is 24.1. The third kappa shape index (κ3) is 3.59. The fourth-order valence-electron chi connectivity index (χ4n) is 2.64. The number of carbonyl (C=O) groups excluding carboxylic acids is 1. The van der Waals surface area contributed by atoms with Crippen LogP contribution < -0.4 is 5.32 Å². The molecule has 4 nitrogen and oxygen atoms in total. The topological polar surface area (TPSA) is 66.4 Å². The molecule has 120 valence electrons. The number of aryl methyl sites for hydroxylation is 3. The predicted octanol–water partition coefficient (Wildman–Crippen LogP) is 3.48. The molecule has 0 aliphatic rings. The zero-order valence-corrected chi connectivity index (χ0v) is 13.8. The van der Waals surface area contributed by atoms with E-state index in [1.54, 1.807) is 18.2 Å². The highest BCUT2D eigenvalue weighted by Crippen LogP contribution is 2.22. The summed E-state index contributed by atoms with van der Waals surface area (Å²) in [7, 11) is 0. The molecule has 0 aliphatic heterocycles. The Morgan fingerprint density at radius 3 is 2.30 bits per heavy atom. The fraction of sp³-hybridized carbons (Fsp3) is 0.263. The lowest BCUT2D eigenvalue weighted by molar-refractivity contribution is -0.139. The summed E-state index contributed by atoms with van der Waals surface area (Å²) >= 11 is 0. The molecule has 1 atom stereocenters. The van der Waals surface area contributed by atoms with Crippen LogP contribution in [0.2, 0.25) is 0 Å². The second-order valence-corrected chi connectivity index (χ2v) is 5.85. The lowest BCUT2D eigenvalue weighted by Crippen LogP contribution is -2.34. The summed E-state index contributed by atoms with van der Waals surface area (Å²) < 4.78 is 0. The van der Waals surface area contributed by atoms with Crippen molar-refractivity contribution >= 4 is 11.9 Å². The van der Waals surface area contributed by atoms with Gasteiger partial charge in [-0.15, -0.1) is 0 Å². The zero-order chi connectivity index (χ0) is 17.1.